The van der Waals surface area contributed by atoms with Gasteiger partial charge in [-0.3, -0.25) is 0 Å². The van der Waals surface area contributed by atoms with E-state index < -0.39 is 18.4 Å². The maximum absolute atomic E-state index is 5.86. The van der Waals surface area contributed by atoms with Crippen LogP contribution in [0.4, 0.5) is 0 Å². The number of aryl methyl sites for hydroxylation is 2. The van der Waals surface area contributed by atoms with Crippen molar-refractivity contribution in [1.82, 2.24) is 4.57 Å². The SMILES string of the molecule is CCC[CH2][Sn]([CH2]CCC)([CH2]CCCCC[n+]1ccn(CC)c1)[c]1ccc(CN)cc1. The Labute approximate surface area is 189 Å². The number of unbranched alkanes of at least 4 members (excludes halogenated alkanes) is 5. The zero-order chi connectivity index (χ0) is 21.7. The number of nitrogens with two attached hydrogens (primary N) is 1. The van der Waals surface area contributed by atoms with E-state index in [9.17, 15) is 0 Å². The van der Waals surface area contributed by atoms with Crippen LogP contribution in [0.1, 0.15) is 77.7 Å². The first-order valence-corrected chi connectivity index (χ1v) is 20.0. The molecule has 1 aromatic heterocycles. The zero-order valence-corrected chi connectivity index (χ0v) is 22.8. The van der Waals surface area contributed by atoms with Gasteiger partial charge >= 0.3 is 190 Å². The molecule has 30 heavy (non-hydrogen) atoms. The molecule has 0 aliphatic carbocycles. The van der Waals surface area contributed by atoms with E-state index >= 15 is 0 Å². The Balaban J connectivity index is 1.93. The summed E-state index contributed by atoms with van der Waals surface area (Å²) in [5, 5.41) is 0. The van der Waals surface area contributed by atoms with E-state index in [4.69, 9.17) is 5.73 Å². The average molecular weight is 519 g/mol. The first-order valence-electron chi connectivity index (χ1n) is 12.5. The quantitative estimate of drug-likeness (QED) is 0.171. The molecule has 1 aromatic carbocycles. The molecule has 0 radical (unpaired) electrons. The van der Waals surface area contributed by atoms with Crippen molar-refractivity contribution in [2.45, 2.75) is 105 Å². The Bertz CT molecular complexity index is 685. The Morgan fingerprint density at radius 2 is 1.47 bits per heavy atom. The molecular weight excluding hydrogens is 473 g/mol. The molecule has 2 N–H and O–H groups in total. The van der Waals surface area contributed by atoms with Crippen molar-refractivity contribution in [2.75, 3.05) is 0 Å². The van der Waals surface area contributed by atoms with Crippen LogP contribution in [0.2, 0.25) is 13.3 Å². The number of hydrogen-bond donors (Lipinski definition) is 1. The molecule has 2 rings (SSSR count). The number of hydrogen-bond acceptors (Lipinski definition) is 1. The van der Waals surface area contributed by atoms with Crippen LogP contribution in [0.25, 0.3) is 0 Å². The second-order valence-electron chi connectivity index (χ2n) is 9.03. The summed E-state index contributed by atoms with van der Waals surface area (Å²) >= 11 is -2.33. The maximum atomic E-state index is 5.86. The zero-order valence-electron chi connectivity index (χ0n) is 19.9. The van der Waals surface area contributed by atoms with Gasteiger partial charge in [-0.25, -0.2) is 0 Å². The first kappa shape index (κ1) is 25.4. The number of aromatic nitrogens is 2. The Morgan fingerprint density at radius 1 is 0.833 bits per heavy atom. The van der Waals surface area contributed by atoms with E-state index in [2.05, 4.69) is 72.9 Å². The van der Waals surface area contributed by atoms with Gasteiger partial charge in [0.2, 0.25) is 0 Å². The van der Waals surface area contributed by atoms with E-state index in [0.717, 1.165) is 13.1 Å². The fourth-order valence-corrected chi connectivity index (χ4v) is 20.3. The standard InChI is InChI=1S/C11H20N2.C7H8N.2C4H9.Sn/c1-3-5-6-7-8-13-10-9-12(4-2)11-13;8-6-7-4-2-1-3-5-7;2*1-3-4-2;/h9-11H,1,3-8H2,2H3;2-5H,6,8H2;2*1,3-4H2,2H3;/q+1;;;;. The molecule has 4 heteroatoms. The molecule has 2 aromatic rings. The van der Waals surface area contributed by atoms with Gasteiger partial charge in [0.1, 0.15) is 0 Å². The number of imidazole rings is 1. The predicted molar refractivity (Wildman–Crippen MR) is 133 cm³/mol. The van der Waals surface area contributed by atoms with Crippen LogP contribution in [0, 0.1) is 0 Å². The van der Waals surface area contributed by atoms with Crippen LogP contribution < -0.4 is 13.9 Å². The normalized spacial score (nSPS) is 11.9. The van der Waals surface area contributed by atoms with Crippen molar-refractivity contribution < 1.29 is 4.57 Å². The summed E-state index contributed by atoms with van der Waals surface area (Å²) in [6.45, 7) is 9.79. The third kappa shape index (κ3) is 8.03. The molecule has 1 heterocycles. The molecular formula is C26H46N3Sn+. The van der Waals surface area contributed by atoms with E-state index in [0.29, 0.717) is 6.54 Å². The molecule has 0 saturated carbocycles. The van der Waals surface area contributed by atoms with Crippen molar-refractivity contribution in [3.8, 4) is 0 Å². The summed E-state index contributed by atoms with van der Waals surface area (Å²) in [4.78, 5) is 0. The van der Waals surface area contributed by atoms with Gasteiger partial charge in [0.15, 0.2) is 0 Å². The monoisotopic (exact) mass is 520 g/mol. The molecule has 0 aliphatic rings. The summed E-state index contributed by atoms with van der Waals surface area (Å²) in [5.41, 5.74) is 7.14. The third-order valence-corrected chi connectivity index (χ3v) is 22.4. The molecule has 168 valence electrons. The fraction of sp³-hybridized carbons (Fsp3) is 0.654. The van der Waals surface area contributed by atoms with E-state index in [-0.39, 0.29) is 0 Å². The van der Waals surface area contributed by atoms with Gasteiger partial charge in [-0.05, 0) is 0 Å². The van der Waals surface area contributed by atoms with Gasteiger partial charge in [0.25, 0.3) is 0 Å². The van der Waals surface area contributed by atoms with E-state index in [1.54, 1.807) is 3.58 Å². The molecule has 0 atom stereocenters. The fourth-order valence-electron chi connectivity index (χ4n) is 4.70. The third-order valence-electron chi connectivity index (χ3n) is 6.75. The summed E-state index contributed by atoms with van der Waals surface area (Å²) in [6, 6.07) is 9.55. The van der Waals surface area contributed by atoms with Crippen LogP contribution in [0.15, 0.2) is 43.0 Å². The van der Waals surface area contributed by atoms with Gasteiger partial charge in [0.05, 0.1) is 0 Å². The van der Waals surface area contributed by atoms with E-state index in [1.807, 2.05) is 0 Å². The topological polar surface area (TPSA) is 34.8 Å². The van der Waals surface area contributed by atoms with Gasteiger partial charge in [-0.1, -0.05) is 0 Å². The minimum absolute atomic E-state index is 0.659. The molecule has 3 nitrogen and oxygen atoms in total. The number of rotatable bonds is 16. The molecule has 0 saturated heterocycles. The van der Waals surface area contributed by atoms with Gasteiger partial charge in [-0.2, -0.15) is 0 Å². The van der Waals surface area contributed by atoms with E-state index in [1.165, 1.54) is 70.2 Å². The van der Waals surface area contributed by atoms with Crippen LogP contribution in [0.5, 0.6) is 0 Å². The van der Waals surface area contributed by atoms with Crippen molar-refractivity contribution >= 4 is 22.0 Å². The Hall–Kier alpha value is -0.811. The second kappa shape index (κ2) is 14.3. The Kier molecular flexibility index (Phi) is 12.1. The summed E-state index contributed by atoms with van der Waals surface area (Å²) < 4.78 is 11.0. The number of nitrogens with zero attached hydrogens (tertiary/aromatic N) is 2. The average Bonchev–Trinajstić information content (AvgIpc) is 3.25. The van der Waals surface area contributed by atoms with Gasteiger partial charge in [-0.15, -0.1) is 0 Å². The molecule has 0 unspecified atom stereocenters. The van der Waals surface area contributed by atoms with Crippen molar-refractivity contribution in [3.63, 3.8) is 0 Å². The van der Waals surface area contributed by atoms with Gasteiger partial charge < -0.3 is 0 Å². The molecule has 0 aliphatic heterocycles. The van der Waals surface area contributed by atoms with Crippen LogP contribution in [-0.4, -0.2) is 22.9 Å². The minimum atomic E-state index is -2.33. The van der Waals surface area contributed by atoms with Crippen LogP contribution in [-0.2, 0) is 19.6 Å². The summed E-state index contributed by atoms with van der Waals surface area (Å²) in [7, 11) is 0. The van der Waals surface area contributed by atoms with Crippen molar-refractivity contribution in [3.05, 3.63) is 48.5 Å². The second-order valence-corrected chi connectivity index (χ2v) is 22.3. The van der Waals surface area contributed by atoms with Crippen molar-refractivity contribution in [1.29, 1.82) is 0 Å². The molecule has 0 amide bonds. The first-order chi connectivity index (χ1) is 14.7. The van der Waals surface area contributed by atoms with Crippen molar-refractivity contribution in [2.24, 2.45) is 5.73 Å². The summed E-state index contributed by atoms with van der Waals surface area (Å²) in [5.74, 6) is 0. The summed E-state index contributed by atoms with van der Waals surface area (Å²) in [6.07, 6.45) is 17.6. The van der Waals surface area contributed by atoms with Crippen LogP contribution in [0.3, 0.4) is 0 Å². The van der Waals surface area contributed by atoms with Gasteiger partial charge in [0, 0.05) is 0 Å². The molecule has 0 bridgehead atoms. The molecule has 0 spiro atoms. The molecule has 0 fully saturated rings. The van der Waals surface area contributed by atoms with Crippen LogP contribution >= 0.6 is 0 Å². The number of benzene rings is 1. The Morgan fingerprint density at radius 3 is 2.03 bits per heavy atom. The predicted octanol–water partition coefficient (Wildman–Crippen LogP) is 5.77.